The van der Waals surface area contributed by atoms with E-state index in [0.29, 0.717) is 5.56 Å². The minimum atomic E-state index is -0.524. The molecule has 1 aromatic rings. The predicted octanol–water partition coefficient (Wildman–Crippen LogP) is 2.00. The van der Waals surface area contributed by atoms with Gasteiger partial charge in [0.05, 0.1) is 0 Å². The molecule has 0 aliphatic rings. The smallest absolute Gasteiger partial charge is 0.407 e. The highest BCUT2D eigenvalue weighted by atomic mass is 16.6. The Hall–Kier alpha value is -2.04. The van der Waals surface area contributed by atoms with Gasteiger partial charge in [-0.3, -0.25) is 5.41 Å². The van der Waals surface area contributed by atoms with Crippen molar-refractivity contribution < 1.29 is 9.53 Å². The van der Waals surface area contributed by atoms with Crippen molar-refractivity contribution in [2.75, 3.05) is 0 Å². The number of ether oxygens (including phenoxy) is 1. The molecule has 1 rings (SSSR count). The fourth-order valence-corrected chi connectivity index (χ4v) is 1.42. The van der Waals surface area contributed by atoms with Gasteiger partial charge in [0.15, 0.2) is 0 Å². The number of amides is 1. The van der Waals surface area contributed by atoms with Crippen molar-refractivity contribution in [3.05, 3.63) is 35.4 Å². The first-order chi connectivity index (χ1) is 8.29. The fraction of sp³-hybridized carbons (Fsp3) is 0.385. The maximum atomic E-state index is 11.5. The van der Waals surface area contributed by atoms with E-state index in [2.05, 4.69) is 5.32 Å². The summed E-state index contributed by atoms with van der Waals surface area (Å²) in [6.07, 6.45) is -0.485. The van der Waals surface area contributed by atoms with Gasteiger partial charge in [0.1, 0.15) is 11.4 Å². The van der Waals surface area contributed by atoms with Gasteiger partial charge in [0.25, 0.3) is 0 Å². The van der Waals surface area contributed by atoms with Crippen LogP contribution in [0.2, 0.25) is 0 Å². The number of hydrogen-bond donors (Lipinski definition) is 3. The summed E-state index contributed by atoms with van der Waals surface area (Å²) in [5, 5.41) is 10.1. The minimum absolute atomic E-state index is 0.0170. The van der Waals surface area contributed by atoms with E-state index in [1.807, 2.05) is 12.1 Å². The molecule has 18 heavy (non-hydrogen) atoms. The normalized spacial score (nSPS) is 10.8. The molecule has 5 nitrogen and oxygen atoms in total. The Balaban J connectivity index is 2.64. The maximum absolute atomic E-state index is 11.5. The summed E-state index contributed by atoms with van der Waals surface area (Å²) in [6.45, 7) is 5.69. The van der Waals surface area contributed by atoms with Gasteiger partial charge in [0.2, 0.25) is 0 Å². The highest BCUT2D eigenvalue weighted by molar-refractivity contribution is 5.96. The summed E-state index contributed by atoms with van der Waals surface area (Å²) in [4.78, 5) is 11.5. The molecule has 1 aromatic carbocycles. The van der Waals surface area contributed by atoms with Gasteiger partial charge in [-0.15, -0.1) is 0 Å². The average molecular weight is 249 g/mol. The Morgan fingerprint density at radius 2 is 2.00 bits per heavy atom. The molecule has 0 fully saturated rings. The lowest BCUT2D eigenvalue weighted by molar-refractivity contribution is 0.0523. The van der Waals surface area contributed by atoms with Crippen molar-refractivity contribution >= 4 is 11.9 Å². The van der Waals surface area contributed by atoms with E-state index in [1.165, 1.54) is 0 Å². The maximum Gasteiger partial charge on any atom is 0.407 e. The second-order valence-corrected chi connectivity index (χ2v) is 4.93. The largest absolute Gasteiger partial charge is 0.444 e. The second-order valence-electron chi connectivity index (χ2n) is 4.93. The average Bonchev–Trinajstić information content (AvgIpc) is 2.24. The lowest BCUT2D eigenvalue weighted by Gasteiger charge is -2.20. The zero-order valence-corrected chi connectivity index (χ0v) is 10.9. The van der Waals surface area contributed by atoms with Crippen LogP contribution in [0.15, 0.2) is 24.3 Å². The van der Waals surface area contributed by atoms with Gasteiger partial charge >= 0.3 is 6.09 Å². The monoisotopic (exact) mass is 249 g/mol. The van der Waals surface area contributed by atoms with Crippen molar-refractivity contribution in [2.24, 2.45) is 5.73 Å². The summed E-state index contributed by atoms with van der Waals surface area (Å²) in [5.74, 6) is -0.0170. The van der Waals surface area contributed by atoms with E-state index in [9.17, 15) is 4.79 Å². The first kappa shape index (κ1) is 14.0. The first-order valence-corrected chi connectivity index (χ1v) is 5.69. The fourth-order valence-electron chi connectivity index (χ4n) is 1.42. The molecular formula is C13H19N3O2. The van der Waals surface area contributed by atoms with Gasteiger partial charge in [0, 0.05) is 12.1 Å². The standard InChI is InChI=1S/C13H19N3O2/c1-13(2,3)18-12(17)16-8-9-6-4-5-7-10(9)11(14)15/h4-7H,8H2,1-3H3,(H3,14,15)(H,16,17). The first-order valence-electron chi connectivity index (χ1n) is 5.69. The number of rotatable bonds is 3. The molecule has 0 spiro atoms. The van der Waals surface area contributed by atoms with Crippen molar-refractivity contribution in [2.45, 2.75) is 32.9 Å². The number of nitrogens with two attached hydrogens (primary N) is 1. The van der Waals surface area contributed by atoms with Gasteiger partial charge < -0.3 is 15.8 Å². The van der Waals surface area contributed by atoms with Crippen LogP contribution in [0, 0.1) is 5.41 Å². The lowest BCUT2D eigenvalue weighted by Crippen LogP contribution is -2.32. The summed E-state index contributed by atoms with van der Waals surface area (Å²) >= 11 is 0. The molecule has 0 atom stereocenters. The van der Waals surface area contributed by atoms with Crippen LogP contribution in [-0.2, 0) is 11.3 Å². The molecule has 0 saturated heterocycles. The number of benzene rings is 1. The van der Waals surface area contributed by atoms with Gasteiger partial charge in [-0.1, -0.05) is 24.3 Å². The zero-order valence-electron chi connectivity index (χ0n) is 10.9. The third-order valence-corrected chi connectivity index (χ3v) is 2.13. The summed E-state index contributed by atoms with van der Waals surface area (Å²) < 4.78 is 5.12. The molecule has 0 bridgehead atoms. The van der Waals surface area contributed by atoms with E-state index in [-0.39, 0.29) is 12.4 Å². The van der Waals surface area contributed by atoms with Crippen LogP contribution >= 0.6 is 0 Å². The number of amidine groups is 1. The van der Waals surface area contributed by atoms with E-state index >= 15 is 0 Å². The third-order valence-electron chi connectivity index (χ3n) is 2.13. The molecule has 4 N–H and O–H groups in total. The quantitative estimate of drug-likeness (QED) is 0.565. The van der Waals surface area contributed by atoms with E-state index < -0.39 is 11.7 Å². The Kier molecular flexibility index (Phi) is 4.31. The van der Waals surface area contributed by atoms with Crippen LogP contribution in [-0.4, -0.2) is 17.5 Å². The molecular weight excluding hydrogens is 230 g/mol. The Labute approximate surface area is 107 Å². The molecule has 0 saturated carbocycles. The lowest BCUT2D eigenvalue weighted by atomic mass is 10.1. The highest BCUT2D eigenvalue weighted by Gasteiger charge is 2.16. The third kappa shape index (κ3) is 4.45. The molecule has 0 aliphatic carbocycles. The Bertz CT molecular complexity index is 450. The predicted molar refractivity (Wildman–Crippen MR) is 70.5 cm³/mol. The van der Waals surface area contributed by atoms with Crippen LogP contribution in [0.3, 0.4) is 0 Å². The highest BCUT2D eigenvalue weighted by Crippen LogP contribution is 2.09. The van der Waals surface area contributed by atoms with E-state index in [4.69, 9.17) is 15.9 Å². The molecule has 5 heteroatoms. The molecule has 0 aliphatic heterocycles. The van der Waals surface area contributed by atoms with E-state index in [1.54, 1.807) is 32.9 Å². The van der Waals surface area contributed by atoms with Crippen LogP contribution in [0.5, 0.6) is 0 Å². The number of carbonyl (C=O) groups excluding carboxylic acids is 1. The Morgan fingerprint density at radius 1 is 1.39 bits per heavy atom. The number of carbonyl (C=O) groups is 1. The molecule has 1 amide bonds. The summed E-state index contributed by atoms with van der Waals surface area (Å²) in [6, 6.07) is 7.19. The van der Waals surface area contributed by atoms with Crippen molar-refractivity contribution in [1.29, 1.82) is 5.41 Å². The minimum Gasteiger partial charge on any atom is -0.444 e. The number of nitrogens with one attached hydrogen (secondary N) is 2. The number of nitrogen functional groups attached to an aromatic ring is 1. The Morgan fingerprint density at radius 3 is 2.56 bits per heavy atom. The van der Waals surface area contributed by atoms with Crippen LogP contribution in [0.4, 0.5) is 4.79 Å². The molecule has 98 valence electrons. The topological polar surface area (TPSA) is 88.2 Å². The van der Waals surface area contributed by atoms with Crippen LogP contribution < -0.4 is 11.1 Å². The summed E-state index contributed by atoms with van der Waals surface area (Å²) in [5.41, 5.74) is 6.35. The van der Waals surface area contributed by atoms with Crippen LogP contribution in [0.25, 0.3) is 0 Å². The van der Waals surface area contributed by atoms with E-state index in [0.717, 1.165) is 5.56 Å². The van der Waals surface area contributed by atoms with Crippen molar-refractivity contribution in [1.82, 2.24) is 5.32 Å². The van der Waals surface area contributed by atoms with Crippen molar-refractivity contribution in [3.63, 3.8) is 0 Å². The summed E-state index contributed by atoms with van der Waals surface area (Å²) in [7, 11) is 0. The second kappa shape index (κ2) is 5.53. The number of hydrogen-bond acceptors (Lipinski definition) is 3. The zero-order chi connectivity index (χ0) is 13.8. The van der Waals surface area contributed by atoms with Crippen LogP contribution in [0.1, 0.15) is 31.9 Å². The molecule has 0 radical (unpaired) electrons. The van der Waals surface area contributed by atoms with Crippen molar-refractivity contribution in [3.8, 4) is 0 Å². The molecule has 0 aromatic heterocycles. The molecule has 0 unspecified atom stereocenters. The van der Waals surface area contributed by atoms with Gasteiger partial charge in [-0.2, -0.15) is 0 Å². The molecule has 0 heterocycles. The SMILES string of the molecule is CC(C)(C)OC(=O)NCc1ccccc1C(=N)N. The van der Waals surface area contributed by atoms with Gasteiger partial charge in [-0.05, 0) is 26.3 Å². The van der Waals surface area contributed by atoms with Gasteiger partial charge in [-0.25, -0.2) is 4.79 Å². The number of alkyl carbamates (subject to hydrolysis) is 1.